The molecule has 2 heterocycles. The van der Waals surface area contributed by atoms with Gasteiger partial charge in [0.05, 0.1) is 6.20 Å². The molecular weight excluding hydrogens is 216 g/mol. The molecule has 0 bridgehead atoms. The predicted octanol–water partition coefficient (Wildman–Crippen LogP) is 1.38. The molecule has 0 saturated heterocycles. The first-order chi connectivity index (χ1) is 8.33. The summed E-state index contributed by atoms with van der Waals surface area (Å²) in [5, 5.41) is 4.16. The number of fused-ring (bicyclic) bond motifs is 1. The molecule has 1 aliphatic carbocycles. The van der Waals surface area contributed by atoms with Gasteiger partial charge in [-0.1, -0.05) is 0 Å². The van der Waals surface area contributed by atoms with E-state index in [1.165, 1.54) is 0 Å². The minimum Gasteiger partial charge on any atom is -0.473 e. The summed E-state index contributed by atoms with van der Waals surface area (Å²) >= 11 is 0. The van der Waals surface area contributed by atoms with E-state index >= 15 is 0 Å². The van der Waals surface area contributed by atoms with E-state index in [2.05, 4.69) is 10.1 Å². The minimum absolute atomic E-state index is 0.187. The van der Waals surface area contributed by atoms with Crippen molar-refractivity contribution in [3.8, 4) is 5.88 Å². The van der Waals surface area contributed by atoms with Gasteiger partial charge < -0.3 is 10.5 Å². The number of nitrogens with zero attached hydrogens (tertiary/aromatic N) is 3. The summed E-state index contributed by atoms with van der Waals surface area (Å²) in [6.45, 7) is 0. The first-order valence-corrected chi connectivity index (χ1v) is 6.03. The molecule has 17 heavy (non-hydrogen) atoms. The molecule has 0 aliphatic heterocycles. The standard InChI is InChI=1S/C12H16N4O/c13-9-2-1-3-10(8-9)17-12-11-4-5-15-16(11)7-6-14-12/h4-7,9-10H,1-3,8,13H2. The Morgan fingerprint density at radius 2 is 2.29 bits per heavy atom. The van der Waals surface area contributed by atoms with Gasteiger partial charge in [0.1, 0.15) is 11.6 Å². The van der Waals surface area contributed by atoms with E-state index in [0.29, 0.717) is 5.88 Å². The molecule has 0 spiro atoms. The average molecular weight is 232 g/mol. The SMILES string of the molecule is NC1CCCC(Oc2nccn3nccc23)C1. The zero-order chi connectivity index (χ0) is 11.7. The smallest absolute Gasteiger partial charge is 0.240 e. The van der Waals surface area contributed by atoms with Gasteiger partial charge in [0.25, 0.3) is 0 Å². The highest BCUT2D eigenvalue weighted by Crippen LogP contribution is 2.24. The Morgan fingerprint density at radius 1 is 1.35 bits per heavy atom. The Hall–Kier alpha value is -1.62. The quantitative estimate of drug-likeness (QED) is 0.849. The first-order valence-electron chi connectivity index (χ1n) is 6.03. The average Bonchev–Trinajstić information content (AvgIpc) is 2.78. The van der Waals surface area contributed by atoms with Gasteiger partial charge in [-0.2, -0.15) is 5.10 Å². The summed E-state index contributed by atoms with van der Waals surface area (Å²) < 4.78 is 7.71. The molecule has 1 aliphatic rings. The lowest BCUT2D eigenvalue weighted by Crippen LogP contribution is -2.33. The van der Waals surface area contributed by atoms with Crippen LogP contribution >= 0.6 is 0 Å². The predicted molar refractivity (Wildman–Crippen MR) is 63.8 cm³/mol. The molecule has 0 radical (unpaired) electrons. The fourth-order valence-electron chi connectivity index (χ4n) is 2.37. The third-order valence-corrected chi connectivity index (χ3v) is 3.23. The van der Waals surface area contributed by atoms with Crippen LogP contribution in [0.1, 0.15) is 25.7 Å². The van der Waals surface area contributed by atoms with Crippen molar-refractivity contribution in [1.29, 1.82) is 0 Å². The third kappa shape index (κ3) is 2.10. The third-order valence-electron chi connectivity index (χ3n) is 3.23. The molecule has 2 aromatic heterocycles. The van der Waals surface area contributed by atoms with E-state index in [1.807, 2.05) is 12.3 Å². The Labute approximate surface area is 99.6 Å². The maximum atomic E-state index is 5.95. The van der Waals surface area contributed by atoms with Crippen LogP contribution in [-0.2, 0) is 0 Å². The second-order valence-corrected chi connectivity index (χ2v) is 4.56. The summed E-state index contributed by atoms with van der Waals surface area (Å²) in [6, 6.07) is 2.17. The summed E-state index contributed by atoms with van der Waals surface area (Å²) in [5.41, 5.74) is 6.86. The van der Waals surface area contributed by atoms with Crippen LogP contribution in [0.3, 0.4) is 0 Å². The summed E-state index contributed by atoms with van der Waals surface area (Å²) in [6.07, 6.45) is 9.66. The molecular formula is C12H16N4O. The monoisotopic (exact) mass is 232 g/mol. The fourth-order valence-corrected chi connectivity index (χ4v) is 2.37. The molecule has 0 amide bonds. The number of hydrogen-bond donors (Lipinski definition) is 1. The van der Waals surface area contributed by atoms with Gasteiger partial charge in [-0.25, -0.2) is 9.50 Å². The highest BCUT2D eigenvalue weighted by molar-refractivity contribution is 5.54. The lowest BCUT2D eigenvalue weighted by Gasteiger charge is -2.26. The van der Waals surface area contributed by atoms with Crippen LogP contribution in [0, 0.1) is 0 Å². The van der Waals surface area contributed by atoms with Crippen molar-refractivity contribution in [3.63, 3.8) is 0 Å². The molecule has 0 aromatic carbocycles. The van der Waals surface area contributed by atoms with Gasteiger partial charge in [-0.15, -0.1) is 0 Å². The van der Waals surface area contributed by atoms with Crippen LogP contribution in [0.15, 0.2) is 24.7 Å². The molecule has 2 unspecified atom stereocenters. The van der Waals surface area contributed by atoms with Crippen LogP contribution in [0.4, 0.5) is 0 Å². The Bertz CT molecular complexity index is 510. The van der Waals surface area contributed by atoms with Gasteiger partial charge in [0.15, 0.2) is 0 Å². The van der Waals surface area contributed by atoms with Crippen molar-refractivity contribution in [2.24, 2.45) is 5.73 Å². The zero-order valence-corrected chi connectivity index (χ0v) is 9.62. The zero-order valence-electron chi connectivity index (χ0n) is 9.62. The molecule has 1 fully saturated rings. The number of aromatic nitrogens is 3. The van der Waals surface area contributed by atoms with Crippen LogP contribution in [-0.4, -0.2) is 26.7 Å². The largest absolute Gasteiger partial charge is 0.473 e. The van der Waals surface area contributed by atoms with E-state index in [1.54, 1.807) is 16.9 Å². The van der Waals surface area contributed by atoms with Gasteiger partial charge in [-0.05, 0) is 31.7 Å². The molecule has 2 atom stereocenters. The molecule has 5 nitrogen and oxygen atoms in total. The summed E-state index contributed by atoms with van der Waals surface area (Å²) in [5.74, 6) is 0.657. The van der Waals surface area contributed by atoms with Gasteiger partial charge in [0, 0.05) is 18.4 Å². The molecule has 90 valence electrons. The molecule has 5 heteroatoms. The van der Waals surface area contributed by atoms with Crippen LogP contribution in [0.2, 0.25) is 0 Å². The van der Waals surface area contributed by atoms with E-state index in [0.717, 1.165) is 31.2 Å². The number of hydrogen-bond acceptors (Lipinski definition) is 4. The van der Waals surface area contributed by atoms with Crippen molar-refractivity contribution in [2.45, 2.75) is 37.8 Å². The van der Waals surface area contributed by atoms with Gasteiger partial charge in [0.2, 0.25) is 5.88 Å². The van der Waals surface area contributed by atoms with Crippen LogP contribution in [0.25, 0.3) is 5.52 Å². The van der Waals surface area contributed by atoms with Crippen molar-refractivity contribution >= 4 is 5.52 Å². The minimum atomic E-state index is 0.187. The summed E-state index contributed by atoms with van der Waals surface area (Å²) in [4.78, 5) is 4.27. The van der Waals surface area contributed by atoms with Gasteiger partial charge in [-0.3, -0.25) is 0 Å². The van der Waals surface area contributed by atoms with Crippen molar-refractivity contribution < 1.29 is 4.74 Å². The number of ether oxygens (including phenoxy) is 1. The lowest BCUT2D eigenvalue weighted by molar-refractivity contribution is 0.140. The Kier molecular flexibility index (Phi) is 2.68. The topological polar surface area (TPSA) is 65.4 Å². The van der Waals surface area contributed by atoms with Crippen LogP contribution in [0.5, 0.6) is 5.88 Å². The van der Waals surface area contributed by atoms with E-state index in [4.69, 9.17) is 10.5 Å². The maximum Gasteiger partial charge on any atom is 0.240 e. The van der Waals surface area contributed by atoms with Crippen molar-refractivity contribution in [2.75, 3.05) is 0 Å². The van der Waals surface area contributed by atoms with E-state index < -0.39 is 0 Å². The Balaban J connectivity index is 1.82. The normalized spacial score (nSPS) is 25.0. The summed E-state index contributed by atoms with van der Waals surface area (Å²) in [7, 11) is 0. The van der Waals surface area contributed by atoms with Gasteiger partial charge >= 0.3 is 0 Å². The van der Waals surface area contributed by atoms with Crippen LogP contribution < -0.4 is 10.5 Å². The van der Waals surface area contributed by atoms with E-state index in [-0.39, 0.29) is 12.1 Å². The van der Waals surface area contributed by atoms with Crippen molar-refractivity contribution in [3.05, 3.63) is 24.7 Å². The number of nitrogens with two attached hydrogens (primary N) is 1. The highest BCUT2D eigenvalue weighted by Gasteiger charge is 2.21. The molecule has 2 N–H and O–H groups in total. The molecule has 2 aromatic rings. The highest BCUT2D eigenvalue weighted by atomic mass is 16.5. The maximum absolute atomic E-state index is 5.95. The molecule has 3 rings (SSSR count). The fraction of sp³-hybridized carbons (Fsp3) is 0.500. The lowest BCUT2D eigenvalue weighted by atomic mass is 9.94. The molecule has 1 saturated carbocycles. The number of rotatable bonds is 2. The van der Waals surface area contributed by atoms with E-state index in [9.17, 15) is 0 Å². The second kappa shape index (κ2) is 4.33. The second-order valence-electron chi connectivity index (χ2n) is 4.56. The Morgan fingerprint density at radius 3 is 3.18 bits per heavy atom. The van der Waals surface area contributed by atoms with Crippen molar-refractivity contribution in [1.82, 2.24) is 14.6 Å². The first kappa shape index (κ1) is 10.5.